The first-order valence-electron chi connectivity index (χ1n) is 5.02. The minimum absolute atomic E-state index is 0.0382. The van der Waals surface area contributed by atoms with Crippen molar-refractivity contribution in [1.29, 1.82) is 0 Å². The Morgan fingerprint density at radius 2 is 2.14 bits per heavy atom. The summed E-state index contributed by atoms with van der Waals surface area (Å²) >= 11 is 0. The molecular formula is C11H15FN2. The monoisotopic (exact) mass is 194 g/mol. The summed E-state index contributed by atoms with van der Waals surface area (Å²) in [7, 11) is 0. The quantitative estimate of drug-likeness (QED) is 0.763. The first-order chi connectivity index (χ1) is 6.81. The van der Waals surface area contributed by atoms with Crippen molar-refractivity contribution in [2.24, 2.45) is 5.73 Å². The number of hydrogen-bond acceptors (Lipinski definition) is 2. The molecule has 1 unspecified atom stereocenters. The SMILES string of the molecule is NCC(NC1CC1)c1ccccc1F. The van der Waals surface area contributed by atoms with Gasteiger partial charge in [0.15, 0.2) is 0 Å². The maximum atomic E-state index is 13.4. The lowest BCUT2D eigenvalue weighted by Crippen LogP contribution is -2.30. The zero-order valence-electron chi connectivity index (χ0n) is 8.04. The molecule has 14 heavy (non-hydrogen) atoms. The van der Waals surface area contributed by atoms with E-state index < -0.39 is 0 Å². The van der Waals surface area contributed by atoms with Gasteiger partial charge in [-0.25, -0.2) is 4.39 Å². The van der Waals surface area contributed by atoms with Crippen molar-refractivity contribution in [3.63, 3.8) is 0 Å². The van der Waals surface area contributed by atoms with Gasteiger partial charge < -0.3 is 11.1 Å². The van der Waals surface area contributed by atoms with E-state index >= 15 is 0 Å². The molecule has 2 nitrogen and oxygen atoms in total. The van der Waals surface area contributed by atoms with E-state index in [-0.39, 0.29) is 11.9 Å². The molecule has 0 amide bonds. The van der Waals surface area contributed by atoms with Crippen LogP contribution in [0.15, 0.2) is 24.3 Å². The molecule has 1 aromatic carbocycles. The lowest BCUT2D eigenvalue weighted by Gasteiger charge is -2.17. The maximum absolute atomic E-state index is 13.4. The minimum atomic E-state index is -0.170. The molecule has 1 atom stereocenters. The Labute approximate surface area is 83.3 Å². The van der Waals surface area contributed by atoms with Crippen LogP contribution in [0, 0.1) is 5.82 Å². The number of nitrogens with one attached hydrogen (secondary N) is 1. The van der Waals surface area contributed by atoms with Crippen LogP contribution in [0.1, 0.15) is 24.4 Å². The van der Waals surface area contributed by atoms with Crippen molar-refractivity contribution in [2.45, 2.75) is 24.9 Å². The smallest absolute Gasteiger partial charge is 0.128 e. The second kappa shape index (κ2) is 4.07. The van der Waals surface area contributed by atoms with E-state index in [1.165, 1.54) is 18.9 Å². The molecule has 3 heteroatoms. The predicted octanol–water partition coefficient (Wildman–Crippen LogP) is 1.58. The third kappa shape index (κ3) is 2.11. The van der Waals surface area contributed by atoms with Gasteiger partial charge in [0.1, 0.15) is 5.82 Å². The molecule has 0 bridgehead atoms. The summed E-state index contributed by atoms with van der Waals surface area (Å²) in [6.07, 6.45) is 2.37. The van der Waals surface area contributed by atoms with E-state index in [2.05, 4.69) is 5.32 Å². The molecule has 1 aromatic rings. The fourth-order valence-corrected chi connectivity index (χ4v) is 1.58. The summed E-state index contributed by atoms with van der Waals surface area (Å²) in [5, 5.41) is 3.33. The summed E-state index contributed by atoms with van der Waals surface area (Å²) in [4.78, 5) is 0. The fourth-order valence-electron chi connectivity index (χ4n) is 1.58. The molecule has 0 aliphatic heterocycles. The molecule has 1 saturated carbocycles. The molecule has 0 radical (unpaired) electrons. The van der Waals surface area contributed by atoms with Gasteiger partial charge in [-0.05, 0) is 18.9 Å². The van der Waals surface area contributed by atoms with Gasteiger partial charge in [-0.15, -0.1) is 0 Å². The maximum Gasteiger partial charge on any atom is 0.128 e. The van der Waals surface area contributed by atoms with Crippen LogP contribution in [-0.2, 0) is 0 Å². The van der Waals surface area contributed by atoms with Crippen LogP contribution < -0.4 is 11.1 Å². The summed E-state index contributed by atoms with van der Waals surface area (Å²) in [6, 6.07) is 7.32. The van der Waals surface area contributed by atoms with Gasteiger partial charge in [0.05, 0.1) is 0 Å². The lowest BCUT2D eigenvalue weighted by atomic mass is 10.1. The second-order valence-corrected chi connectivity index (χ2v) is 3.75. The van der Waals surface area contributed by atoms with Gasteiger partial charge in [0.25, 0.3) is 0 Å². The van der Waals surface area contributed by atoms with E-state index in [0.717, 1.165) is 0 Å². The van der Waals surface area contributed by atoms with Crippen molar-refractivity contribution in [3.05, 3.63) is 35.6 Å². The van der Waals surface area contributed by atoms with Gasteiger partial charge in [-0.1, -0.05) is 18.2 Å². The summed E-state index contributed by atoms with van der Waals surface area (Å²) in [6.45, 7) is 0.442. The number of halogens is 1. The molecule has 1 aliphatic rings. The molecule has 0 spiro atoms. The first-order valence-corrected chi connectivity index (χ1v) is 5.02. The molecule has 1 aliphatic carbocycles. The minimum Gasteiger partial charge on any atom is -0.329 e. The van der Waals surface area contributed by atoms with Gasteiger partial charge in [0.2, 0.25) is 0 Å². The first kappa shape index (κ1) is 9.62. The van der Waals surface area contributed by atoms with E-state index in [1.54, 1.807) is 12.1 Å². The standard InChI is InChI=1S/C11H15FN2/c12-10-4-2-1-3-9(10)11(7-13)14-8-5-6-8/h1-4,8,11,14H,5-7,13H2. The van der Waals surface area contributed by atoms with Crippen LogP contribution in [-0.4, -0.2) is 12.6 Å². The van der Waals surface area contributed by atoms with Crippen molar-refractivity contribution in [2.75, 3.05) is 6.54 Å². The zero-order valence-corrected chi connectivity index (χ0v) is 8.04. The average molecular weight is 194 g/mol. The molecule has 1 fully saturated rings. The van der Waals surface area contributed by atoms with E-state index in [0.29, 0.717) is 18.2 Å². The third-order valence-corrected chi connectivity index (χ3v) is 2.53. The fraction of sp³-hybridized carbons (Fsp3) is 0.455. The lowest BCUT2D eigenvalue weighted by molar-refractivity contribution is 0.504. The van der Waals surface area contributed by atoms with Crippen molar-refractivity contribution >= 4 is 0 Å². The Morgan fingerprint density at radius 1 is 1.43 bits per heavy atom. The molecule has 0 aromatic heterocycles. The van der Waals surface area contributed by atoms with Crippen LogP contribution in [0.2, 0.25) is 0 Å². The van der Waals surface area contributed by atoms with Gasteiger partial charge in [-0.2, -0.15) is 0 Å². The average Bonchev–Trinajstić information content (AvgIpc) is 2.99. The van der Waals surface area contributed by atoms with Crippen molar-refractivity contribution < 1.29 is 4.39 Å². The van der Waals surface area contributed by atoms with Crippen LogP contribution in [0.25, 0.3) is 0 Å². The van der Waals surface area contributed by atoms with Crippen LogP contribution in [0.4, 0.5) is 4.39 Å². The highest BCUT2D eigenvalue weighted by Crippen LogP contribution is 2.24. The highest BCUT2D eigenvalue weighted by Gasteiger charge is 2.25. The Hall–Kier alpha value is -0.930. The van der Waals surface area contributed by atoms with Gasteiger partial charge in [0, 0.05) is 24.2 Å². The predicted molar refractivity (Wildman–Crippen MR) is 54.4 cm³/mol. The highest BCUT2D eigenvalue weighted by molar-refractivity contribution is 5.22. The second-order valence-electron chi connectivity index (χ2n) is 3.75. The Bertz CT molecular complexity index is 310. The molecule has 0 heterocycles. The third-order valence-electron chi connectivity index (χ3n) is 2.53. The Kier molecular flexibility index (Phi) is 2.79. The molecule has 76 valence electrons. The highest BCUT2D eigenvalue weighted by atomic mass is 19.1. The molecule has 2 rings (SSSR count). The number of nitrogens with two attached hydrogens (primary N) is 1. The van der Waals surface area contributed by atoms with Crippen molar-refractivity contribution in [3.8, 4) is 0 Å². The van der Waals surface area contributed by atoms with Crippen LogP contribution in [0.5, 0.6) is 0 Å². The summed E-state index contributed by atoms with van der Waals surface area (Å²) in [5.74, 6) is -0.170. The van der Waals surface area contributed by atoms with E-state index in [1.807, 2.05) is 6.07 Å². The van der Waals surface area contributed by atoms with Gasteiger partial charge in [-0.3, -0.25) is 0 Å². The zero-order chi connectivity index (χ0) is 9.97. The topological polar surface area (TPSA) is 38.0 Å². The number of hydrogen-bond donors (Lipinski definition) is 2. The largest absolute Gasteiger partial charge is 0.329 e. The molecule has 0 saturated heterocycles. The number of benzene rings is 1. The van der Waals surface area contributed by atoms with Gasteiger partial charge >= 0.3 is 0 Å². The van der Waals surface area contributed by atoms with E-state index in [9.17, 15) is 4.39 Å². The van der Waals surface area contributed by atoms with Crippen molar-refractivity contribution in [1.82, 2.24) is 5.32 Å². The molecule has 3 N–H and O–H groups in total. The Balaban J connectivity index is 2.12. The van der Waals surface area contributed by atoms with E-state index in [4.69, 9.17) is 5.73 Å². The summed E-state index contributed by atoms with van der Waals surface area (Å²) in [5.41, 5.74) is 6.30. The normalized spacial score (nSPS) is 18.1. The summed E-state index contributed by atoms with van der Waals surface area (Å²) < 4.78 is 13.4. The number of rotatable bonds is 4. The Morgan fingerprint density at radius 3 is 2.71 bits per heavy atom. The molecular weight excluding hydrogens is 179 g/mol. The van der Waals surface area contributed by atoms with Crippen LogP contribution in [0.3, 0.4) is 0 Å². The van der Waals surface area contributed by atoms with Crippen LogP contribution >= 0.6 is 0 Å².